The largest absolute Gasteiger partial charge is 0.469 e. The second kappa shape index (κ2) is 9.04. The van der Waals surface area contributed by atoms with E-state index in [-0.39, 0.29) is 5.97 Å². The Balaban J connectivity index is 3.31. The number of carbonyl (C=O) groups excluding carboxylic acids is 1. The number of rotatable bonds is 6. The maximum atomic E-state index is 10.7. The zero-order chi connectivity index (χ0) is 9.94. The third-order valence-electron chi connectivity index (χ3n) is 1.58. The van der Waals surface area contributed by atoms with Gasteiger partial charge in [-0.05, 0) is 19.3 Å². The zero-order valence-electron chi connectivity index (χ0n) is 8.45. The summed E-state index contributed by atoms with van der Waals surface area (Å²) in [4.78, 5) is 10.7. The molecule has 0 spiro atoms. The predicted molar refractivity (Wildman–Crippen MR) is 54.4 cm³/mol. The molecule has 74 valence electrons. The molecule has 0 aromatic heterocycles. The molecule has 2 nitrogen and oxygen atoms in total. The molecule has 0 aliphatic carbocycles. The Labute approximate surface area is 80.3 Å². The molecular formula is C11H18O2. The summed E-state index contributed by atoms with van der Waals surface area (Å²) >= 11 is 0. The highest BCUT2D eigenvalue weighted by atomic mass is 16.5. The Bertz CT molecular complexity index is 181. The van der Waals surface area contributed by atoms with Crippen molar-refractivity contribution in [1.29, 1.82) is 0 Å². The van der Waals surface area contributed by atoms with Crippen LogP contribution in [0.3, 0.4) is 0 Å². The smallest absolute Gasteiger partial charge is 0.305 e. The van der Waals surface area contributed by atoms with E-state index < -0.39 is 0 Å². The molecule has 0 aliphatic rings. The van der Waals surface area contributed by atoms with E-state index in [4.69, 9.17) is 0 Å². The van der Waals surface area contributed by atoms with Gasteiger partial charge in [0, 0.05) is 6.42 Å². The van der Waals surface area contributed by atoms with Gasteiger partial charge in [-0.15, -0.1) is 0 Å². The van der Waals surface area contributed by atoms with Crippen LogP contribution in [0, 0.1) is 0 Å². The summed E-state index contributed by atoms with van der Waals surface area (Å²) in [5.74, 6) is -0.145. The molecule has 0 saturated carbocycles. The van der Waals surface area contributed by atoms with Gasteiger partial charge in [0.25, 0.3) is 0 Å². The zero-order valence-corrected chi connectivity index (χ0v) is 8.45. The molecule has 0 amide bonds. The summed E-state index contributed by atoms with van der Waals surface area (Å²) in [6, 6.07) is 0. The number of hydrogen-bond acceptors (Lipinski definition) is 2. The summed E-state index contributed by atoms with van der Waals surface area (Å²) in [5, 5.41) is 0. The lowest BCUT2D eigenvalue weighted by atomic mass is 10.2. The third-order valence-corrected chi connectivity index (χ3v) is 1.58. The fourth-order valence-corrected chi connectivity index (χ4v) is 0.859. The second-order valence-electron chi connectivity index (χ2n) is 2.70. The van der Waals surface area contributed by atoms with Gasteiger partial charge in [-0.25, -0.2) is 0 Å². The summed E-state index contributed by atoms with van der Waals surface area (Å²) in [6.07, 6.45) is 11.6. The highest BCUT2D eigenvalue weighted by molar-refractivity contribution is 5.69. The second-order valence-corrected chi connectivity index (χ2v) is 2.70. The van der Waals surface area contributed by atoms with Crippen LogP contribution < -0.4 is 0 Å². The highest BCUT2D eigenvalue weighted by Crippen LogP contribution is 1.95. The Hall–Kier alpha value is -1.05. The van der Waals surface area contributed by atoms with Gasteiger partial charge in [0.2, 0.25) is 0 Å². The van der Waals surface area contributed by atoms with Gasteiger partial charge in [-0.2, -0.15) is 0 Å². The lowest BCUT2D eigenvalue weighted by Gasteiger charge is -1.93. The van der Waals surface area contributed by atoms with E-state index in [0.29, 0.717) is 6.42 Å². The highest BCUT2D eigenvalue weighted by Gasteiger charge is 1.94. The molecule has 0 aromatic carbocycles. The van der Waals surface area contributed by atoms with Crippen LogP contribution in [0.2, 0.25) is 0 Å². The fraction of sp³-hybridized carbons (Fsp3) is 0.545. The van der Waals surface area contributed by atoms with Crippen LogP contribution in [0.1, 0.15) is 32.6 Å². The minimum absolute atomic E-state index is 0.145. The molecule has 0 aliphatic heterocycles. The van der Waals surface area contributed by atoms with Gasteiger partial charge >= 0.3 is 5.97 Å². The van der Waals surface area contributed by atoms with Crippen LogP contribution in [-0.2, 0) is 9.53 Å². The van der Waals surface area contributed by atoms with Gasteiger partial charge in [0.15, 0.2) is 0 Å². The third kappa shape index (κ3) is 8.86. The summed E-state index contributed by atoms with van der Waals surface area (Å²) in [7, 11) is 1.41. The van der Waals surface area contributed by atoms with Crippen LogP contribution in [-0.4, -0.2) is 13.1 Å². The first-order valence-electron chi connectivity index (χ1n) is 4.68. The number of ether oxygens (including phenoxy) is 1. The minimum atomic E-state index is -0.145. The van der Waals surface area contributed by atoms with E-state index in [1.807, 2.05) is 6.08 Å². The van der Waals surface area contributed by atoms with Crippen molar-refractivity contribution >= 4 is 5.97 Å². The van der Waals surface area contributed by atoms with Crippen molar-refractivity contribution in [2.75, 3.05) is 7.11 Å². The van der Waals surface area contributed by atoms with Crippen LogP contribution in [0.4, 0.5) is 0 Å². The molecular weight excluding hydrogens is 164 g/mol. The van der Waals surface area contributed by atoms with Crippen molar-refractivity contribution in [3.05, 3.63) is 24.3 Å². The summed E-state index contributed by atoms with van der Waals surface area (Å²) in [5.41, 5.74) is 0. The molecule has 2 heteroatoms. The first kappa shape index (κ1) is 11.9. The standard InChI is InChI=1S/C11H18O2/c1-3-4-5-6-7-8-9-10-11(12)13-2/h4-5,7-8H,3,6,9-10H2,1-2H3/b5-4+,8-7+. The average Bonchev–Trinajstić information content (AvgIpc) is 2.16. The fourth-order valence-electron chi connectivity index (χ4n) is 0.859. The molecule has 0 aromatic rings. The van der Waals surface area contributed by atoms with Crippen LogP contribution >= 0.6 is 0 Å². The average molecular weight is 182 g/mol. The van der Waals surface area contributed by atoms with E-state index in [0.717, 1.165) is 19.3 Å². The molecule has 0 atom stereocenters. The van der Waals surface area contributed by atoms with Crippen molar-refractivity contribution < 1.29 is 9.53 Å². The molecule has 13 heavy (non-hydrogen) atoms. The van der Waals surface area contributed by atoms with E-state index in [1.165, 1.54) is 7.11 Å². The van der Waals surface area contributed by atoms with Crippen LogP contribution in [0.5, 0.6) is 0 Å². The Kier molecular flexibility index (Phi) is 8.31. The number of methoxy groups -OCH3 is 1. The van der Waals surface area contributed by atoms with Crippen LogP contribution in [0.15, 0.2) is 24.3 Å². The van der Waals surface area contributed by atoms with Crippen LogP contribution in [0.25, 0.3) is 0 Å². The minimum Gasteiger partial charge on any atom is -0.469 e. The quantitative estimate of drug-likeness (QED) is 0.466. The maximum Gasteiger partial charge on any atom is 0.305 e. The number of carbonyl (C=O) groups is 1. The normalized spacial score (nSPS) is 11.2. The van der Waals surface area contributed by atoms with Crippen molar-refractivity contribution in [1.82, 2.24) is 0 Å². The first-order chi connectivity index (χ1) is 6.31. The molecule has 0 bridgehead atoms. The van der Waals surface area contributed by atoms with Gasteiger partial charge < -0.3 is 4.74 Å². The lowest BCUT2D eigenvalue weighted by molar-refractivity contribution is -0.140. The van der Waals surface area contributed by atoms with E-state index in [1.54, 1.807) is 0 Å². The first-order valence-corrected chi connectivity index (χ1v) is 4.68. The number of esters is 1. The van der Waals surface area contributed by atoms with E-state index in [9.17, 15) is 4.79 Å². The topological polar surface area (TPSA) is 26.3 Å². The molecule has 0 radical (unpaired) electrons. The van der Waals surface area contributed by atoms with Gasteiger partial charge in [0.1, 0.15) is 0 Å². The van der Waals surface area contributed by atoms with Crippen molar-refractivity contribution in [3.8, 4) is 0 Å². The van der Waals surface area contributed by atoms with Gasteiger partial charge in [0.05, 0.1) is 7.11 Å². The summed E-state index contributed by atoms with van der Waals surface area (Å²) in [6.45, 7) is 2.11. The number of hydrogen-bond donors (Lipinski definition) is 0. The molecule has 0 saturated heterocycles. The number of allylic oxidation sites excluding steroid dienone is 4. The molecule has 0 fully saturated rings. The SMILES string of the molecule is CC/C=C/C/C=C/CCC(=O)OC. The maximum absolute atomic E-state index is 10.7. The molecule has 0 heterocycles. The van der Waals surface area contributed by atoms with E-state index in [2.05, 4.69) is 29.9 Å². The lowest BCUT2D eigenvalue weighted by Crippen LogP contribution is -1.97. The molecule has 0 N–H and O–H groups in total. The van der Waals surface area contributed by atoms with Crippen molar-refractivity contribution in [2.45, 2.75) is 32.6 Å². The van der Waals surface area contributed by atoms with Gasteiger partial charge in [-0.1, -0.05) is 31.2 Å². The molecule has 0 unspecified atom stereocenters. The van der Waals surface area contributed by atoms with Gasteiger partial charge in [-0.3, -0.25) is 4.79 Å². The monoisotopic (exact) mass is 182 g/mol. The van der Waals surface area contributed by atoms with Crippen molar-refractivity contribution in [2.24, 2.45) is 0 Å². The Morgan fingerprint density at radius 1 is 1.23 bits per heavy atom. The summed E-state index contributed by atoms with van der Waals surface area (Å²) < 4.78 is 4.51. The predicted octanol–water partition coefficient (Wildman–Crippen LogP) is 2.85. The Morgan fingerprint density at radius 3 is 2.54 bits per heavy atom. The molecule has 0 rings (SSSR count). The Morgan fingerprint density at radius 2 is 1.92 bits per heavy atom. The van der Waals surface area contributed by atoms with Crippen molar-refractivity contribution in [3.63, 3.8) is 0 Å². The van der Waals surface area contributed by atoms with E-state index >= 15 is 0 Å².